The number of fused-ring (bicyclic) bond motifs is 1. The number of hydrogen-bond acceptors (Lipinski definition) is 2. The summed E-state index contributed by atoms with van der Waals surface area (Å²) in [4.78, 5) is 0. The molecule has 1 aromatic carbocycles. The van der Waals surface area contributed by atoms with Gasteiger partial charge in [0, 0.05) is 0 Å². The number of ether oxygens (including phenoxy) is 1. The number of aliphatic hydroxyl groups is 1. The van der Waals surface area contributed by atoms with Gasteiger partial charge in [-0.05, 0) is 47.9 Å². The molecule has 0 radical (unpaired) electrons. The van der Waals surface area contributed by atoms with E-state index in [1.165, 1.54) is 5.56 Å². The van der Waals surface area contributed by atoms with Crippen LogP contribution in [0.3, 0.4) is 0 Å². The molecule has 0 saturated heterocycles. The quantitative estimate of drug-likeness (QED) is 0.808. The van der Waals surface area contributed by atoms with Gasteiger partial charge >= 0.3 is 0 Å². The summed E-state index contributed by atoms with van der Waals surface area (Å²) >= 11 is 0. The molecule has 0 aliphatic heterocycles. The first-order valence-corrected chi connectivity index (χ1v) is 6.20. The average Bonchev–Trinajstić information content (AvgIpc) is 2.26. The summed E-state index contributed by atoms with van der Waals surface area (Å²) in [5, 5.41) is 10.6. The fourth-order valence-electron chi connectivity index (χ4n) is 2.88. The van der Waals surface area contributed by atoms with Crippen LogP contribution in [0.2, 0.25) is 0 Å². The number of hydrogen-bond donors (Lipinski definition) is 1. The molecule has 0 heterocycles. The lowest BCUT2D eigenvalue weighted by Crippen LogP contribution is -2.41. The Morgan fingerprint density at radius 3 is 2.47 bits per heavy atom. The number of methoxy groups -OCH3 is 1. The molecule has 1 aliphatic carbocycles. The fourth-order valence-corrected chi connectivity index (χ4v) is 2.88. The molecule has 0 saturated carbocycles. The minimum absolute atomic E-state index is 0.101. The van der Waals surface area contributed by atoms with Gasteiger partial charge in [-0.15, -0.1) is 0 Å². The standard InChI is InChI=1S/C15H22O2/c1-10-9-15(4,16)13-8-11(17-5)6-7-12(13)14(10,2)3/h6-8,10,16H,9H2,1-5H3. The molecule has 0 aromatic heterocycles. The summed E-state index contributed by atoms with van der Waals surface area (Å²) in [6.07, 6.45) is 0.792. The van der Waals surface area contributed by atoms with Gasteiger partial charge in [-0.1, -0.05) is 26.8 Å². The summed E-state index contributed by atoms with van der Waals surface area (Å²) in [5.41, 5.74) is 1.60. The van der Waals surface area contributed by atoms with E-state index >= 15 is 0 Å². The van der Waals surface area contributed by atoms with Crippen LogP contribution in [0.4, 0.5) is 0 Å². The summed E-state index contributed by atoms with van der Waals surface area (Å²) in [6.45, 7) is 8.61. The molecule has 1 aliphatic rings. The SMILES string of the molecule is COc1ccc2c(c1)C(C)(O)CC(C)C2(C)C. The highest BCUT2D eigenvalue weighted by atomic mass is 16.5. The Morgan fingerprint density at radius 1 is 1.24 bits per heavy atom. The summed E-state index contributed by atoms with van der Waals surface area (Å²) in [5.74, 6) is 1.27. The molecule has 0 spiro atoms. The normalized spacial score (nSPS) is 30.8. The smallest absolute Gasteiger partial charge is 0.119 e. The van der Waals surface area contributed by atoms with Crippen LogP contribution >= 0.6 is 0 Å². The van der Waals surface area contributed by atoms with Gasteiger partial charge < -0.3 is 9.84 Å². The summed E-state index contributed by atoms with van der Waals surface area (Å²) in [7, 11) is 1.66. The second kappa shape index (κ2) is 3.74. The lowest BCUT2D eigenvalue weighted by atomic mass is 9.62. The highest BCUT2D eigenvalue weighted by Gasteiger charge is 2.43. The molecular formula is C15H22O2. The van der Waals surface area contributed by atoms with Gasteiger partial charge in [0.05, 0.1) is 12.7 Å². The molecule has 2 atom stereocenters. The van der Waals surface area contributed by atoms with Gasteiger partial charge in [-0.25, -0.2) is 0 Å². The molecule has 2 heteroatoms. The third kappa shape index (κ3) is 1.85. The van der Waals surface area contributed by atoms with Crippen LogP contribution in [-0.4, -0.2) is 12.2 Å². The zero-order valence-electron chi connectivity index (χ0n) is 11.4. The molecule has 17 heavy (non-hydrogen) atoms. The van der Waals surface area contributed by atoms with Gasteiger partial charge in [0.1, 0.15) is 5.75 Å². The van der Waals surface area contributed by atoms with E-state index < -0.39 is 5.60 Å². The van der Waals surface area contributed by atoms with E-state index in [0.29, 0.717) is 5.92 Å². The van der Waals surface area contributed by atoms with Crippen molar-refractivity contribution >= 4 is 0 Å². The molecule has 0 amide bonds. The third-order valence-corrected chi connectivity index (χ3v) is 4.44. The Morgan fingerprint density at radius 2 is 1.88 bits per heavy atom. The maximum atomic E-state index is 10.6. The number of rotatable bonds is 1. The maximum Gasteiger partial charge on any atom is 0.119 e. The van der Waals surface area contributed by atoms with Crippen molar-refractivity contribution in [2.75, 3.05) is 7.11 Å². The van der Waals surface area contributed by atoms with Crippen molar-refractivity contribution in [2.45, 2.75) is 45.1 Å². The Balaban J connectivity index is 2.64. The summed E-state index contributed by atoms with van der Waals surface area (Å²) in [6, 6.07) is 6.05. The summed E-state index contributed by atoms with van der Waals surface area (Å²) < 4.78 is 5.26. The van der Waals surface area contributed by atoms with Gasteiger partial charge in [0.2, 0.25) is 0 Å². The van der Waals surface area contributed by atoms with Crippen molar-refractivity contribution < 1.29 is 9.84 Å². The topological polar surface area (TPSA) is 29.5 Å². The zero-order valence-corrected chi connectivity index (χ0v) is 11.4. The minimum atomic E-state index is -0.751. The molecule has 0 bridgehead atoms. The van der Waals surface area contributed by atoms with E-state index in [-0.39, 0.29) is 5.41 Å². The van der Waals surface area contributed by atoms with Gasteiger partial charge in [-0.2, -0.15) is 0 Å². The highest BCUT2D eigenvalue weighted by molar-refractivity contribution is 5.45. The molecule has 2 rings (SSSR count). The fraction of sp³-hybridized carbons (Fsp3) is 0.600. The van der Waals surface area contributed by atoms with E-state index in [2.05, 4.69) is 26.8 Å². The molecule has 0 fully saturated rings. The van der Waals surface area contributed by atoms with Crippen LogP contribution in [0.1, 0.15) is 45.2 Å². The van der Waals surface area contributed by atoms with Crippen molar-refractivity contribution in [1.29, 1.82) is 0 Å². The molecule has 2 unspecified atom stereocenters. The van der Waals surface area contributed by atoms with E-state index in [0.717, 1.165) is 17.7 Å². The van der Waals surface area contributed by atoms with E-state index in [9.17, 15) is 5.11 Å². The van der Waals surface area contributed by atoms with Crippen LogP contribution in [0.15, 0.2) is 18.2 Å². The minimum Gasteiger partial charge on any atom is -0.497 e. The first kappa shape index (κ1) is 12.4. The Kier molecular flexibility index (Phi) is 2.74. The van der Waals surface area contributed by atoms with Gasteiger partial charge in [-0.3, -0.25) is 0 Å². The molecule has 1 aromatic rings. The lowest BCUT2D eigenvalue weighted by Gasteiger charge is -2.45. The third-order valence-electron chi connectivity index (χ3n) is 4.44. The Labute approximate surface area is 104 Å². The van der Waals surface area contributed by atoms with Crippen molar-refractivity contribution in [3.05, 3.63) is 29.3 Å². The predicted molar refractivity (Wildman–Crippen MR) is 69.4 cm³/mol. The largest absolute Gasteiger partial charge is 0.497 e. The van der Waals surface area contributed by atoms with Crippen LogP contribution < -0.4 is 4.74 Å². The second-order valence-corrected chi connectivity index (χ2v) is 6.01. The predicted octanol–water partition coefficient (Wildman–Crippen LogP) is 3.22. The first-order chi connectivity index (χ1) is 7.79. The van der Waals surface area contributed by atoms with Crippen LogP contribution in [0, 0.1) is 5.92 Å². The van der Waals surface area contributed by atoms with Crippen LogP contribution in [0.25, 0.3) is 0 Å². The monoisotopic (exact) mass is 234 g/mol. The maximum absolute atomic E-state index is 10.6. The van der Waals surface area contributed by atoms with Gasteiger partial charge in [0.25, 0.3) is 0 Å². The Hall–Kier alpha value is -1.02. The first-order valence-electron chi connectivity index (χ1n) is 6.20. The van der Waals surface area contributed by atoms with E-state index in [1.807, 2.05) is 19.1 Å². The number of benzene rings is 1. The molecule has 2 nitrogen and oxygen atoms in total. The van der Waals surface area contributed by atoms with Gasteiger partial charge in [0.15, 0.2) is 0 Å². The average molecular weight is 234 g/mol. The van der Waals surface area contributed by atoms with Crippen molar-refractivity contribution in [3.63, 3.8) is 0 Å². The lowest BCUT2D eigenvalue weighted by molar-refractivity contribution is 0.00556. The second-order valence-electron chi connectivity index (χ2n) is 6.01. The van der Waals surface area contributed by atoms with Crippen LogP contribution in [-0.2, 0) is 11.0 Å². The van der Waals surface area contributed by atoms with Crippen molar-refractivity contribution in [2.24, 2.45) is 5.92 Å². The van der Waals surface area contributed by atoms with Crippen molar-refractivity contribution in [1.82, 2.24) is 0 Å². The van der Waals surface area contributed by atoms with E-state index in [1.54, 1.807) is 7.11 Å². The van der Waals surface area contributed by atoms with Crippen molar-refractivity contribution in [3.8, 4) is 5.75 Å². The van der Waals surface area contributed by atoms with E-state index in [4.69, 9.17) is 4.74 Å². The zero-order chi connectivity index (χ0) is 12.8. The molecule has 94 valence electrons. The molecular weight excluding hydrogens is 212 g/mol. The van der Waals surface area contributed by atoms with Crippen LogP contribution in [0.5, 0.6) is 5.75 Å². The Bertz CT molecular complexity index is 433. The highest BCUT2D eigenvalue weighted by Crippen LogP contribution is 2.48. The molecule has 1 N–H and O–H groups in total.